The molecule has 0 bridgehead atoms. The van der Waals surface area contributed by atoms with Crippen LogP contribution in [0.25, 0.3) is 0 Å². The molecule has 2 atom stereocenters. The van der Waals surface area contributed by atoms with Crippen LogP contribution < -0.4 is 15.0 Å². The first-order chi connectivity index (χ1) is 13.3. The van der Waals surface area contributed by atoms with E-state index in [1.807, 2.05) is 19.1 Å². The van der Waals surface area contributed by atoms with Gasteiger partial charge in [-0.3, -0.25) is 24.6 Å². The van der Waals surface area contributed by atoms with Crippen molar-refractivity contribution in [3.8, 4) is 5.75 Å². The molecule has 2 aromatic carbocycles. The van der Waals surface area contributed by atoms with Crippen LogP contribution >= 0.6 is 0 Å². The van der Waals surface area contributed by atoms with Crippen LogP contribution in [0.1, 0.15) is 25.8 Å². The molecule has 1 aliphatic heterocycles. The number of benzene rings is 2. The van der Waals surface area contributed by atoms with Gasteiger partial charge in [-0.2, -0.15) is 0 Å². The third-order valence-electron chi connectivity index (χ3n) is 4.65. The summed E-state index contributed by atoms with van der Waals surface area (Å²) in [5, 5.41) is 13.9. The van der Waals surface area contributed by atoms with E-state index in [9.17, 15) is 19.7 Å². The fraction of sp³-hybridized carbons (Fsp3) is 0.300. The molecule has 28 heavy (non-hydrogen) atoms. The van der Waals surface area contributed by atoms with E-state index in [0.717, 1.165) is 5.56 Å². The average molecular weight is 383 g/mol. The zero-order chi connectivity index (χ0) is 20.4. The lowest BCUT2D eigenvalue weighted by Crippen LogP contribution is -2.53. The van der Waals surface area contributed by atoms with Gasteiger partial charge in [0.05, 0.1) is 10.6 Å². The highest BCUT2D eigenvalue weighted by Gasteiger charge is 2.39. The van der Waals surface area contributed by atoms with Gasteiger partial charge in [0, 0.05) is 17.8 Å². The number of nitro groups is 1. The number of fused-ring (bicyclic) bond motifs is 1. The summed E-state index contributed by atoms with van der Waals surface area (Å²) in [5.41, 5.74) is 1.70. The van der Waals surface area contributed by atoms with Crippen molar-refractivity contribution in [2.75, 3.05) is 10.2 Å². The Morgan fingerprint density at radius 3 is 2.57 bits per heavy atom. The number of amides is 2. The van der Waals surface area contributed by atoms with Gasteiger partial charge < -0.3 is 10.1 Å². The van der Waals surface area contributed by atoms with E-state index in [1.165, 1.54) is 23.1 Å². The molecule has 0 fully saturated rings. The smallest absolute Gasteiger partial charge is 0.271 e. The molecule has 0 radical (unpaired) electrons. The van der Waals surface area contributed by atoms with Crippen molar-refractivity contribution in [3.63, 3.8) is 0 Å². The van der Waals surface area contributed by atoms with Crippen LogP contribution in [0.15, 0.2) is 42.5 Å². The summed E-state index contributed by atoms with van der Waals surface area (Å²) >= 11 is 0. The highest BCUT2D eigenvalue weighted by molar-refractivity contribution is 6.08. The number of rotatable bonds is 5. The van der Waals surface area contributed by atoms with Gasteiger partial charge in [0.1, 0.15) is 11.8 Å². The van der Waals surface area contributed by atoms with Crippen molar-refractivity contribution < 1.29 is 19.2 Å². The number of anilines is 2. The summed E-state index contributed by atoms with van der Waals surface area (Å²) in [6.45, 7) is 5.32. The molecule has 2 amide bonds. The summed E-state index contributed by atoms with van der Waals surface area (Å²) in [4.78, 5) is 37.6. The van der Waals surface area contributed by atoms with Crippen LogP contribution in [0.5, 0.6) is 5.75 Å². The number of nitrogens with one attached hydrogen (secondary N) is 1. The SMILES string of the molecule is CCC1Oc2ccc([N+](=O)[O-])cc2N(C(C)C(=O)Nc2ccc(C)cc2)C1=O. The molecule has 1 heterocycles. The van der Waals surface area contributed by atoms with E-state index in [2.05, 4.69) is 5.32 Å². The van der Waals surface area contributed by atoms with Gasteiger partial charge in [-0.15, -0.1) is 0 Å². The highest BCUT2D eigenvalue weighted by atomic mass is 16.6. The standard InChI is InChI=1S/C20H21N3O5/c1-4-17-20(25)22(16-11-15(23(26)27)9-10-18(16)28-17)13(3)19(24)21-14-7-5-12(2)6-8-14/h5-11,13,17H,4H2,1-3H3,(H,21,24). The molecule has 3 rings (SSSR count). The second-order valence-electron chi connectivity index (χ2n) is 6.66. The van der Waals surface area contributed by atoms with Crippen molar-refractivity contribution in [3.05, 3.63) is 58.1 Å². The fourth-order valence-corrected chi connectivity index (χ4v) is 3.04. The van der Waals surface area contributed by atoms with Gasteiger partial charge in [-0.1, -0.05) is 24.6 Å². The van der Waals surface area contributed by atoms with Crippen molar-refractivity contribution in [1.29, 1.82) is 0 Å². The number of non-ortho nitro benzene ring substituents is 1. The van der Waals surface area contributed by atoms with E-state index in [4.69, 9.17) is 4.74 Å². The van der Waals surface area contributed by atoms with Crippen LogP contribution in [-0.4, -0.2) is 28.9 Å². The topological polar surface area (TPSA) is 102 Å². The molecule has 0 aliphatic carbocycles. The maximum Gasteiger partial charge on any atom is 0.271 e. The van der Waals surface area contributed by atoms with Crippen LogP contribution in [0.3, 0.4) is 0 Å². The van der Waals surface area contributed by atoms with E-state index in [0.29, 0.717) is 17.9 Å². The molecule has 2 unspecified atom stereocenters. The van der Waals surface area contributed by atoms with Gasteiger partial charge >= 0.3 is 0 Å². The van der Waals surface area contributed by atoms with Crippen LogP contribution in [0.2, 0.25) is 0 Å². The Morgan fingerprint density at radius 2 is 1.96 bits per heavy atom. The van der Waals surface area contributed by atoms with Gasteiger partial charge in [0.25, 0.3) is 11.6 Å². The summed E-state index contributed by atoms with van der Waals surface area (Å²) in [5.74, 6) is -0.458. The first kappa shape index (κ1) is 19.3. The van der Waals surface area contributed by atoms with Crippen molar-refractivity contribution in [2.45, 2.75) is 39.3 Å². The first-order valence-corrected chi connectivity index (χ1v) is 8.97. The number of nitrogens with zero attached hydrogens (tertiary/aromatic N) is 2. The molecule has 0 saturated heterocycles. The number of hydrogen-bond acceptors (Lipinski definition) is 5. The van der Waals surface area contributed by atoms with E-state index in [1.54, 1.807) is 26.0 Å². The lowest BCUT2D eigenvalue weighted by Gasteiger charge is -2.36. The summed E-state index contributed by atoms with van der Waals surface area (Å²) in [6.07, 6.45) is -0.332. The van der Waals surface area contributed by atoms with Gasteiger partial charge in [0.2, 0.25) is 5.91 Å². The highest BCUT2D eigenvalue weighted by Crippen LogP contribution is 2.38. The number of hydrogen-bond donors (Lipinski definition) is 1. The predicted molar refractivity (Wildman–Crippen MR) is 105 cm³/mol. The maximum atomic E-state index is 12.9. The van der Waals surface area contributed by atoms with Gasteiger partial charge in [-0.05, 0) is 38.5 Å². The normalized spacial score (nSPS) is 16.8. The Bertz CT molecular complexity index is 926. The lowest BCUT2D eigenvalue weighted by molar-refractivity contribution is -0.384. The Labute approximate surface area is 162 Å². The summed E-state index contributed by atoms with van der Waals surface area (Å²) < 4.78 is 5.67. The fourth-order valence-electron chi connectivity index (χ4n) is 3.04. The van der Waals surface area contributed by atoms with Crippen molar-refractivity contribution in [1.82, 2.24) is 0 Å². The molecular formula is C20H21N3O5. The molecule has 0 aromatic heterocycles. The largest absolute Gasteiger partial charge is 0.478 e. The monoisotopic (exact) mass is 383 g/mol. The van der Waals surface area contributed by atoms with Crippen LogP contribution in [0, 0.1) is 17.0 Å². The quantitative estimate of drug-likeness (QED) is 0.629. The number of aryl methyl sites for hydroxylation is 1. The Hall–Kier alpha value is -3.42. The lowest BCUT2D eigenvalue weighted by atomic mass is 10.1. The zero-order valence-corrected chi connectivity index (χ0v) is 15.8. The molecule has 8 nitrogen and oxygen atoms in total. The molecule has 8 heteroatoms. The van der Waals surface area contributed by atoms with Crippen LogP contribution in [-0.2, 0) is 9.59 Å². The van der Waals surface area contributed by atoms with Gasteiger partial charge in [0.15, 0.2) is 6.10 Å². The number of nitro benzene ring substituents is 1. The first-order valence-electron chi connectivity index (χ1n) is 8.97. The number of carbonyl (C=O) groups is 2. The molecule has 2 aromatic rings. The third-order valence-corrected chi connectivity index (χ3v) is 4.65. The predicted octanol–water partition coefficient (Wildman–Crippen LogP) is 3.43. The molecule has 1 aliphatic rings. The molecule has 0 saturated carbocycles. The minimum atomic E-state index is -0.882. The van der Waals surface area contributed by atoms with Crippen molar-refractivity contribution in [2.24, 2.45) is 0 Å². The van der Waals surface area contributed by atoms with E-state index in [-0.39, 0.29) is 11.4 Å². The Kier molecular flexibility index (Phi) is 5.30. The number of carbonyl (C=O) groups excluding carboxylic acids is 2. The van der Waals surface area contributed by atoms with Crippen molar-refractivity contribution >= 4 is 28.9 Å². The molecule has 146 valence electrons. The summed E-state index contributed by atoms with van der Waals surface area (Å²) in [7, 11) is 0. The van der Waals surface area contributed by atoms with E-state index < -0.39 is 28.9 Å². The number of ether oxygens (including phenoxy) is 1. The third kappa shape index (κ3) is 3.66. The maximum absolute atomic E-state index is 12.9. The minimum Gasteiger partial charge on any atom is -0.478 e. The zero-order valence-electron chi connectivity index (χ0n) is 15.8. The Balaban J connectivity index is 1.94. The molecular weight excluding hydrogens is 362 g/mol. The average Bonchev–Trinajstić information content (AvgIpc) is 2.68. The Morgan fingerprint density at radius 1 is 1.29 bits per heavy atom. The second-order valence-corrected chi connectivity index (χ2v) is 6.66. The molecule has 1 N–H and O–H groups in total. The second kappa shape index (κ2) is 7.67. The molecule has 0 spiro atoms. The van der Waals surface area contributed by atoms with E-state index >= 15 is 0 Å². The van der Waals surface area contributed by atoms with Gasteiger partial charge in [-0.25, -0.2) is 0 Å². The van der Waals surface area contributed by atoms with Crippen LogP contribution in [0.4, 0.5) is 17.1 Å². The minimum absolute atomic E-state index is 0.179. The summed E-state index contributed by atoms with van der Waals surface area (Å²) in [6, 6.07) is 10.4.